The van der Waals surface area contributed by atoms with Crippen LogP contribution in [-0.2, 0) is 9.53 Å². The molecular formula is C12H11NO3. The predicted octanol–water partition coefficient (Wildman–Crippen LogP) is 1.83. The highest BCUT2D eigenvalue weighted by atomic mass is 16.5. The normalized spacial score (nSPS) is 10.4. The Hall–Kier alpha value is -2.10. The van der Waals surface area contributed by atoms with Crippen molar-refractivity contribution < 1.29 is 14.3 Å². The summed E-state index contributed by atoms with van der Waals surface area (Å²) in [7, 11) is 1.20. The van der Waals surface area contributed by atoms with Gasteiger partial charge in [-0.25, -0.2) is 4.79 Å². The van der Waals surface area contributed by atoms with Crippen LogP contribution in [0.2, 0.25) is 0 Å². The summed E-state index contributed by atoms with van der Waals surface area (Å²) in [6.45, 7) is 1.89. The van der Waals surface area contributed by atoms with Crippen LogP contribution in [0.5, 0.6) is 0 Å². The van der Waals surface area contributed by atoms with E-state index in [9.17, 15) is 9.59 Å². The van der Waals surface area contributed by atoms with Crippen molar-refractivity contribution in [2.75, 3.05) is 7.11 Å². The summed E-state index contributed by atoms with van der Waals surface area (Å²) in [5, 5.41) is 0.776. The van der Waals surface area contributed by atoms with E-state index in [2.05, 4.69) is 9.72 Å². The number of H-pyrrole nitrogens is 1. The van der Waals surface area contributed by atoms with Gasteiger partial charge in [0.25, 0.3) is 5.78 Å². The van der Waals surface area contributed by atoms with Gasteiger partial charge < -0.3 is 9.72 Å². The van der Waals surface area contributed by atoms with Crippen LogP contribution in [0.4, 0.5) is 0 Å². The van der Waals surface area contributed by atoms with Gasteiger partial charge in [-0.2, -0.15) is 0 Å². The first kappa shape index (κ1) is 10.4. The Balaban J connectivity index is 2.62. The molecule has 16 heavy (non-hydrogen) atoms. The third-order valence-corrected chi connectivity index (χ3v) is 2.53. The van der Waals surface area contributed by atoms with Gasteiger partial charge in [0.05, 0.1) is 12.7 Å². The largest absolute Gasteiger partial charge is 0.463 e. The summed E-state index contributed by atoms with van der Waals surface area (Å²) in [4.78, 5) is 25.8. The Morgan fingerprint density at radius 2 is 2.06 bits per heavy atom. The first-order valence-electron chi connectivity index (χ1n) is 4.84. The van der Waals surface area contributed by atoms with Crippen molar-refractivity contribution in [1.29, 1.82) is 0 Å². The fourth-order valence-corrected chi connectivity index (χ4v) is 1.75. The lowest BCUT2D eigenvalue weighted by Crippen LogP contribution is -2.15. The maximum Gasteiger partial charge on any atom is 0.379 e. The number of methoxy groups -OCH3 is 1. The van der Waals surface area contributed by atoms with Crippen molar-refractivity contribution in [2.24, 2.45) is 0 Å². The number of rotatable bonds is 2. The Morgan fingerprint density at radius 1 is 1.31 bits per heavy atom. The van der Waals surface area contributed by atoms with E-state index >= 15 is 0 Å². The summed E-state index contributed by atoms with van der Waals surface area (Å²) < 4.78 is 4.42. The third-order valence-electron chi connectivity index (χ3n) is 2.53. The second-order valence-corrected chi connectivity index (χ2v) is 3.52. The summed E-state index contributed by atoms with van der Waals surface area (Å²) in [6.07, 6.45) is 1.54. The summed E-state index contributed by atoms with van der Waals surface area (Å²) in [5.41, 5.74) is 2.15. The van der Waals surface area contributed by atoms with Crippen LogP contribution in [0.1, 0.15) is 15.9 Å². The van der Waals surface area contributed by atoms with E-state index in [-0.39, 0.29) is 0 Å². The number of benzene rings is 1. The monoisotopic (exact) mass is 217 g/mol. The molecule has 0 aliphatic heterocycles. The second kappa shape index (κ2) is 3.81. The topological polar surface area (TPSA) is 59.2 Å². The van der Waals surface area contributed by atoms with E-state index in [1.165, 1.54) is 13.3 Å². The van der Waals surface area contributed by atoms with Crippen LogP contribution >= 0.6 is 0 Å². The molecule has 0 saturated carbocycles. The van der Waals surface area contributed by atoms with Gasteiger partial charge in [-0.3, -0.25) is 4.79 Å². The van der Waals surface area contributed by atoms with Crippen molar-refractivity contribution >= 4 is 22.7 Å². The number of carbonyl (C=O) groups excluding carboxylic acids is 2. The average molecular weight is 217 g/mol. The molecule has 0 fully saturated rings. The number of carbonyl (C=O) groups is 2. The minimum absolute atomic E-state index is 0.361. The molecule has 1 aromatic carbocycles. The first-order valence-corrected chi connectivity index (χ1v) is 4.84. The molecule has 2 rings (SSSR count). The smallest absolute Gasteiger partial charge is 0.379 e. The highest BCUT2D eigenvalue weighted by Crippen LogP contribution is 2.22. The molecule has 0 radical (unpaired) electrons. The lowest BCUT2D eigenvalue weighted by atomic mass is 10.0. The molecule has 0 aliphatic carbocycles. The number of esters is 1. The molecule has 0 spiro atoms. The molecule has 0 atom stereocenters. The van der Waals surface area contributed by atoms with E-state index in [1.54, 1.807) is 0 Å². The SMILES string of the molecule is COC(=O)C(=O)c1c[nH]c2cccc(C)c12. The fraction of sp³-hybridized carbons (Fsp3) is 0.167. The van der Waals surface area contributed by atoms with Gasteiger partial charge in [-0.05, 0) is 18.6 Å². The zero-order valence-electron chi connectivity index (χ0n) is 9.03. The maximum atomic E-state index is 11.7. The standard InChI is InChI=1S/C12H11NO3/c1-7-4-3-5-9-10(7)8(6-13-9)11(14)12(15)16-2/h3-6,13H,1-2H3. The number of aromatic amines is 1. The summed E-state index contributed by atoms with van der Waals surface area (Å²) in [6, 6.07) is 5.64. The third kappa shape index (κ3) is 1.48. The minimum atomic E-state index is -0.843. The number of fused-ring (bicyclic) bond motifs is 1. The van der Waals surface area contributed by atoms with Gasteiger partial charge in [0.15, 0.2) is 0 Å². The quantitative estimate of drug-likeness (QED) is 0.474. The van der Waals surface area contributed by atoms with Crippen molar-refractivity contribution in [3.8, 4) is 0 Å². The van der Waals surface area contributed by atoms with Crippen molar-refractivity contribution in [1.82, 2.24) is 4.98 Å². The number of nitrogens with one attached hydrogen (secondary N) is 1. The molecule has 82 valence electrons. The van der Waals surface area contributed by atoms with E-state index in [4.69, 9.17) is 0 Å². The highest BCUT2D eigenvalue weighted by Gasteiger charge is 2.20. The van der Waals surface area contributed by atoms with Crippen LogP contribution < -0.4 is 0 Å². The summed E-state index contributed by atoms with van der Waals surface area (Å²) in [5.74, 6) is -1.47. The van der Waals surface area contributed by atoms with Crippen LogP contribution in [-0.4, -0.2) is 23.8 Å². The average Bonchev–Trinajstić information content (AvgIpc) is 2.72. The zero-order valence-corrected chi connectivity index (χ0v) is 9.03. The van der Waals surface area contributed by atoms with E-state index in [0.717, 1.165) is 16.5 Å². The second-order valence-electron chi connectivity index (χ2n) is 3.52. The maximum absolute atomic E-state index is 11.7. The number of hydrogen-bond donors (Lipinski definition) is 1. The molecule has 0 amide bonds. The fourth-order valence-electron chi connectivity index (χ4n) is 1.75. The molecule has 0 bridgehead atoms. The molecular weight excluding hydrogens is 206 g/mol. The summed E-state index contributed by atoms with van der Waals surface area (Å²) >= 11 is 0. The molecule has 4 heteroatoms. The first-order chi connectivity index (χ1) is 7.65. The molecule has 0 saturated heterocycles. The number of ketones is 1. The number of aromatic nitrogens is 1. The Kier molecular flexibility index (Phi) is 2.48. The molecule has 0 aliphatic rings. The number of ether oxygens (including phenoxy) is 1. The minimum Gasteiger partial charge on any atom is -0.463 e. The zero-order chi connectivity index (χ0) is 11.7. The number of hydrogen-bond acceptors (Lipinski definition) is 3. The van der Waals surface area contributed by atoms with E-state index < -0.39 is 11.8 Å². The van der Waals surface area contributed by atoms with Crippen molar-refractivity contribution in [2.45, 2.75) is 6.92 Å². The van der Waals surface area contributed by atoms with Crippen molar-refractivity contribution in [3.05, 3.63) is 35.5 Å². The van der Waals surface area contributed by atoms with Crippen LogP contribution in [0.3, 0.4) is 0 Å². The molecule has 1 N–H and O–H groups in total. The van der Waals surface area contributed by atoms with Crippen molar-refractivity contribution in [3.63, 3.8) is 0 Å². The van der Waals surface area contributed by atoms with E-state index in [0.29, 0.717) is 5.56 Å². The van der Waals surface area contributed by atoms with E-state index in [1.807, 2.05) is 25.1 Å². The van der Waals surface area contributed by atoms with Gasteiger partial charge in [0.2, 0.25) is 0 Å². The Morgan fingerprint density at radius 3 is 2.75 bits per heavy atom. The van der Waals surface area contributed by atoms with Crippen LogP contribution in [0.25, 0.3) is 10.9 Å². The van der Waals surface area contributed by atoms with Gasteiger partial charge in [-0.1, -0.05) is 12.1 Å². The van der Waals surface area contributed by atoms with Gasteiger partial charge in [-0.15, -0.1) is 0 Å². The molecule has 0 unspecified atom stereocenters. The highest BCUT2D eigenvalue weighted by molar-refractivity contribution is 6.43. The van der Waals surface area contributed by atoms with Crippen LogP contribution in [0.15, 0.2) is 24.4 Å². The number of Topliss-reactive ketones (excluding diaryl/α,β-unsaturated/α-hetero) is 1. The Bertz CT molecular complexity index is 569. The Labute approximate surface area is 92.2 Å². The molecule has 1 heterocycles. The molecule has 4 nitrogen and oxygen atoms in total. The number of aryl methyl sites for hydroxylation is 1. The molecule has 2 aromatic rings. The molecule has 1 aromatic heterocycles. The predicted molar refractivity (Wildman–Crippen MR) is 59.4 cm³/mol. The van der Waals surface area contributed by atoms with Crippen LogP contribution in [0, 0.1) is 6.92 Å². The van der Waals surface area contributed by atoms with Gasteiger partial charge in [0, 0.05) is 17.1 Å². The van der Waals surface area contributed by atoms with Gasteiger partial charge in [0.1, 0.15) is 0 Å². The lowest BCUT2D eigenvalue weighted by molar-refractivity contribution is -0.135. The van der Waals surface area contributed by atoms with Gasteiger partial charge >= 0.3 is 5.97 Å². The lowest BCUT2D eigenvalue weighted by Gasteiger charge is -1.99.